The van der Waals surface area contributed by atoms with E-state index in [2.05, 4.69) is 17.0 Å². The lowest BCUT2D eigenvalue weighted by Gasteiger charge is -2.32. The van der Waals surface area contributed by atoms with Gasteiger partial charge < -0.3 is 4.57 Å². The maximum absolute atomic E-state index is 13.0. The lowest BCUT2D eigenvalue weighted by molar-refractivity contribution is -0.163. The molecular formula is C25H25N5O3. The lowest BCUT2D eigenvalue weighted by Crippen LogP contribution is -2.51. The highest BCUT2D eigenvalue weighted by molar-refractivity contribution is 6.04. The summed E-state index contributed by atoms with van der Waals surface area (Å²) in [6.07, 6.45) is 4.40. The van der Waals surface area contributed by atoms with Crippen LogP contribution in [0.15, 0.2) is 36.5 Å². The maximum Gasteiger partial charge on any atom is 0.273 e. The summed E-state index contributed by atoms with van der Waals surface area (Å²) in [6.45, 7) is 3.35. The van der Waals surface area contributed by atoms with Gasteiger partial charge in [0.1, 0.15) is 5.65 Å². The minimum absolute atomic E-state index is 0.215. The molecule has 3 aliphatic heterocycles. The number of nitrogens with zero attached hydrogens (tertiary/aromatic N) is 5. The fraction of sp³-hybridized carbons (Fsp3) is 0.360. The number of carbonyl (C=O) groups excluding carboxylic acids is 3. The highest BCUT2D eigenvalue weighted by Crippen LogP contribution is 2.32. The summed E-state index contributed by atoms with van der Waals surface area (Å²) in [5.41, 5.74) is 5.31. The number of aryl methyl sites for hydroxylation is 1. The smallest absolute Gasteiger partial charge is 0.273 e. The SMILES string of the molecule is Cn1ccc2c(CN3CCC3)cc(-c3ccc4c(c3)CN(N3C(=O)CCCC3=O)C4=O)nc21. The Hall–Kier alpha value is -3.52. The summed E-state index contributed by atoms with van der Waals surface area (Å²) in [6, 6.07) is 9.93. The van der Waals surface area contributed by atoms with Crippen molar-refractivity contribution in [2.75, 3.05) is 13.1 Å². The first-order valence-electron chi connectivity index (χ1n) is 11.5. The molecule has 6 rings (SSSR count). The van der Waals surface area contributed by atoms with Gasteiger partial charge in [-0.1, -0.05) is 6.07 Å². The predicted octanol–water partition coefficient (Wildman–Crippen LogP) is 2.86. The van der Waals surface area contributed by atoms with Gasteiger partial charge in [0.25, 0.3) is 5.91 Å². The fourth-order valence-corrected chi connectivity index (χ4v) is 5.00. The molecule has 3 aromatic rings. The lowest BCUT2D eigenvalue weighted by atomic mass is 10.0. The van der Waals surface area contributed by atoms with E-state index in [-0.39, 0.29) is 37.1 Å². The number of hydrogen-bond donors (Lipinski definition) is 0. The second kappa shape index (κ2) is 7.52. The average Bonchev–Trinajstić information content (AvgIpc) is 3.30. The number of hydrazine groups is 1. The summed E-state index contributed by atoms with van der Waals surface area (Å²) >= 11 is 0. The molecule has 3 amide bonds. The zero-order valence-electron chi connectivity index (χ0n) is 18.6. The molecule has 0 spiro atoms. The van der Waals surface area contributed by atoms with Gasteiger partial charge >= 0.3 is 0 Å². The maximum atomic E-state index is 13.0. The quantitative estimate of drug-likeness (QED) is 0.580. The molecule has 168 valence electrons. The van der Waals surface area contributed by atoms with Crippen molar-refractivity contribution >= 4 is 28.8 Å². The summed E-state index contributed by atoms with van der Waals surface area (Å²) in [7, 11) is 2.00. The number of imide groups is 1. The normalized spacial score (nSPS) is 18.9. The van der Waals surface area contributed by atoms with Gasteiger partial charge in [0.2, 0.25) is 11.8 Å². The molecule has 0 N–H and O–H groups in total. The first kappa shape index (κ1) is 20.1. The monoisotopic (exact) mass is 443 g/mol. The van der Waals surface area contributed by atoms with Crippen LogP contribution in [0, 0.1) is 0 Å². The van der Waals surface area contributed by atoms with E-state index in [4.69, 9.17) is 4.98 Å². The van der Waals surface area contributed by atoms with Gasteiger partial charge in [-0.25, -0.2) is 9.99 Å². The van der Waals surface area contributed by atoms with E-state index in [1.807, 2.05) is 29.9 Å². The Bertz CT molecular complexity index is 1310. The first-order valence-corrected chi connectivity index (χ1v) is 11.5. The summed E-state index contributed by atoms with van der Waals surface area (Å²) < 4.78 is 2.03. The molecule has 0 saturated carbocycles. The van der Waals surface area contributed by atoms with Gasteiger partial charge in [0, 0.05) is 49.1 Å². The van der Waals surface area contributed by atoms with E-state index < -0.39 is 0 Å². The van der Waals surface area contributed by atoms with E-state index >= 15 is 0 Å². The second-order valence-electron chi connectivity index (χ2n) is 9.15. The van der Waals surface area contributed by atoms with Crippen LogP contribution in [0.4, 0.5) is 0 Å². The van der Waals surface area contributed by atoms with Gasteiger partial charge in [-0.3, -0.25) is 19.3 Å². The van der Waals surface area contributed by atoms with Crippen LogP contribution in [-0.4, -0.2) is 55.3 Å². The molecule has 0 radical (unpaired) electrons. The Kier molecular flexibility index (Phi) is 4.58. The molecule has 8 nitrogen and oxygen atoms in total. The zero-order chi connectivity index (χ0) is 22.7. The highest BCUT2D eigenvalue weighted by Gasteiger charge is 2.39. The van der Waals surface area contributed by atoms with Crippen LogP contribution in [-0.2, 0) is 29.7 Å². The summed E-state index contributed by atoms with van der Waals surface area (Å²) in [4.78, 5) is 45.1. The number of aromatic nitrogens is 2. The molecule has 2 saturated heterocycles. The van der Waals surface area contributed by atoms with Crippen LogP contribution < -0.4 is 0 Å². The standard InChI is InChI=1S/C25H25N5O3/c1-27-11-8-19-18(14-28-9-3-10-28)13-21(26-24(19)27)16-6-7-20-17(12-16)15-29(25(20)33)30-22(31)4-2-5-23(30)32/h6-8,11-13H,2-5,9-10,14-15H2,1H3. The summed E-state index contributed by atoms with van der Waals surface area (Å²) in [5.74, 6) is -0.914. The molecular weight excluding hydrogens is 418 g/mol. The highest BCUT2D eigenvalue weighted by atomic mass is 16.2. The van der Waals surface area contributed by atoms with Gasteiger partial charge in [-0.05, 0) is 61.3 Å². The van der Waals surface area contributed by atoms with E-state index in [9.17, 15) is 14.4 Å². The Balaban J connectivity index is 1.36. The third-order valence-electron chi connectivity index (χ3n) is 6.95. The number of amides is 3. The van der Waals surface area contributed by atoms with Crippen molar-refractivity contribution in [3.05, 3.63) is 53.2 Å². The van der Waals surface area contributed by atoms with Crippen molar-refractivity contribution in [2.24, 2.45) is 7.05 Å². The Morgan fingerprint density at radius 2 is 1.76 bits per heavy atom. The van der Waals surface area contributed by atoms with Crippen LogP contribution in [0.5, 0.6) is 0 Å². The molecule has 2 fully saturated rings. The van der Waals surface area contributed by atoms with E-state index in [0.717, 1.165) is 52.5 Å². The molecule has 0 atom stereocenters. The zero-order valence-corrected chi connectivity index (χ0v) is 18.6. The van der Waals surface area contributed by atoms with Gasteiger partial charge in [0.15, 0.2) is 0 Å². The topological polar surface area (TPSA) is 78.8 Å². The molecule has 8 heteroatoms. The number of pyridine rings is 1. The molecule has 0 aliphatic carbocycles. The number of likely N-dealkylation sites (tertiary alicyclic amines) is 1. The van der Waals surface area contributed by atoms with Crippen molar-refractivity contribution < 1.29 is 14.4 Å². The third kappa shape index (κ3) is 3.24. The summed E-state index contributed by atoms with van der Waals surface area (Å²) in [5, 5.41) is 3.50. The number of hydrogen-bond acceptors (Lipinski definition) is 5. The minimum Gasteiger partial charge on any atom is -0.336 e. The molecule has 0 bridgehead atoms. The first-order chi connectivity index (χ1) is 16.0. The molecule has 3 aliphatic rings. The third-order valence-corrected chi connectivity index (χ3v) is 6.95. The second-order valence-corrected chi connectivity index (χ2v) is 9.15. The van der Waals surface area contributed by atoms with Gasteiger partial charge in [0.05, 0.1) is 12.2 Å². The predicted molar refractivity (Wildman–Crippen MR) is 122 cm³/mol. The van der Waals surface area contributed by atoms with Gasteiger partial charge in [-0.15, -0.1) is 0 Å². The van der Waals surface area contributed by atoms with E-state index in [0.29, 0.717) is 12.0 Å². The minimum atomic E-state index is -0.306. The number of carbonyl (C=O) groups is 3. The largest absolute Gasteiger partial charge is 0.336 e. The van der Waals surface area contributed by atoms with E-state index in [1.54, 1.807) is 6.07 Å². The average molecular weight is 444 g/mol. The van der Waals surface area contributed by atoms with E-state index in [1.165, 1.54) is 17.0 Å². The Morgan fingerprint density at radius 3 is 2.48 bits per heavy atom. The number of fused-ring (bicyclic) bond motifs is 2. The van der Waals surface area contributed by atoms with Crippen molar-refractivity contribution in [1.29, 1.82) is 0 Å². The molecule has 33 heavy (non-hydrogen) atoms. The molecule has 5 heterocycles. The molecule has 0 unspecified atom stereocenters. The van der Waals surface area contributed by atoms with Crippen molar-refractivity contribution in [2.45, 2.75) is 38.8 Å². The number of piperidine rings is 1. The van der Waals surface area contributed by atoms with Crippen LogP contribution in [0.25, 0.3) is 22.3 Å². The van der Waals surface area contributed by atoms with Crippen molar-refractivity contribution in [1.82, 2.24) is 24.5 Å². The number of benzene rings is 1. The van der Waals surface area contributed by atoms with Crippen LogP contribution in [0.2, 0.25) is 0 Å². The van der Waals surface area contributed by atoms with Crippen LogP contribution in [0.3, 0.4) is 0 Å². The van der Waals surface area contributed by atoms with Crippen molar-refractivity contribution in [3.8, 4) is 11.3 Å². The Morgan fingerprint density at radius 1 is 0.970 bits per heavy atom. The van der Waals surface area contributed by atoms with Crippen molar-refractivity contribution in [3.63, 3.8) is 0 Å². The Labute approximate surface area is 191 Å². The fourth-order valence-electron chi connectivity index (χ4n) is 5.00. The molecule has 2 aromatic heterocycles. The number of rotatable bonds is 4. The van der Waals surface area contributed by atoms with Crippen LogP contribution >= 0.6 is 0 Å². The van der Waals surface area contributed by atoms with Gasteiger partial charge in [-0.2, -0.15) is 5.01 Å². The molecule has 1 aromatic carbocycles. The van der Waals surface area contributed by atoms with Crippen LogP contribution in [0.1, 0.15) is 47.2 Å².